The zero-order valence-corrected chi connectivity index (χ0v) is 13.5. The largest absolute Gasteiger partial charge is 0.264 e. The van der Waals surface area contributed by atoms with Crippen molar-refractivity contribution in [3.05, 3.63) is 90.5 Å². The van der Waals surface area contributed by atoms with Gasteiger partial charge in [0, 0.05) is 12.4 Å². The number of pyridine rings is 1. The SMILES string of the molecule is O=S(=O)(c1ccccc1)N(Cc1cccnc1)c1cccc(F)c1. The summed E-state index contributed by atoms with van der Waals surface area (Å²) in [4.78, 5) is 4.16. The Labute approximate surface area is 140 Å². The second-order valence-corrected chi connectivity index (χ2v) is 7.03. The summed E-state index contributed by atoms with van der Waals surface area (Å²) < 4.78 is 40.9. The lowest BCUT2D eigenvalue weighted by Crippen LogP contribution is -2.30. The van der Waals surface area contributed by atoms with E-state index in [1.54, 1.807) is 48.8 Å². The third-order valence-corrected chi connectivity index (χ3v) is 5.26. The van der Waals surface area contributed by atoms with Gasteiger partial charge in [0.15, 0.2) is 0 Å². The van der Waals surface area contributed by atoms with E-state index in [0.717, 1.165) is 0 Å². The van der Waals surface area contributed by atoms with Gasteiger partial charge in [0.1, 0.15) is 5.82 Å². The molecule has 122 valence electrons. The quantitative estimate of drug-likeness (QED) is 0.712. The molecule has 0 aliphatic rings. The van der Waals surface area contributed by atoms with E-state index in [2.05, 4.69) is 4.98 Å². The first kappa shape index (κ1) is 16.1. The molecule has 3 aromatic rings. The van der Waals surface area contributed by atoms with Crippen molar-refractivity contribution in [2.45, 2.75) is 11.4 Å². The van der Waals surface area contributed by atoms with Gasteiger partial charge in [-0.1, -0.05) is 30.3 Å². The minimum absolute atomic E-state index is 0.0640. The third-order valence-electron chi connectivity index (χ3n) is 3.48. The highest BCUT2D eigenvalue weighted by Gasteiger charge is 2.25. The number of nitrogens with zero attached hydrogens (tertiary/aromatic N) is 2. The van der Waals surface area contributed by atoms with Gasteiger partial charge in [-0.15, -0.1) is 0 Å². The van der Waals surface area contributed by atoms with Gasteiger partial charge in [-0.3, -0.25) is 9.29 Å². The summed E-state index contributed by atoms with van der Waals surface area (Å²) >= 11 is 0. The van der Waals surface area contributed by atoms with Crippen LogP contribution in [0.2, 0.25) is 0 Å². The first-order chi connectivity index (χ1) is 11.6. The first-order valence-electron chi connectivity index (χ1n) is 7.29. The highest BCUT2D eigenvalue weighted by Crippen LogP contribution is 2.26. The Hall–Kier alpha value is -2.73. The molecular formula is C18H15FN2O2S. The Kier molecular flexibility index (Phi) is 4.57. The van der Waals surface area contributed by atoms with E-state index in [-0.39, 0.29) is 17.1 Å². The van der Waals surface area contributed by atoms with Gasteiger partial charge in [-0.2, -0.15) is 0 Å². The fraction of sp³-hybridized carbons (Fsp3) is 0.0556. The molecule has 0 amide bonds. The van der Waals surface area contributed by atoms with E-state index < -0.39 is 15.8 Å². The van der Waals surface area contributed by atoms with Crippen LogP contribution in [0.5, 0.6) is 0 Å². The fourth-order valence-electron chi connectivity index (χ4n) is 2.32. The van der Waals surface area contributed by atoms with E-state index >= 15 is 0 Å². The molecule has 3 rings (SSSR count). The van der Waals surface area contributed by atoms with Crippen molar-refractivity contribution >= 4 is 15.7 Å². The van der Waals surface area contributed by atoms with Gasteiger partial charge in [0.2, 0.25) is 0 Å². The molecule has 0 spiro atoms. The fourth-order valence-corrected chi connectivity index (χ4v) is 3.79. The van der Waals surface area contributed by atoms with E-state index in [1.807, 2.05) is 0 Å². The third kappa shape index (κ3) is 3.44. The Morgan fingerprint density at radius 1 is 0.958 bits per heavy atom. The minimum Gasteiger partial charge on any atom is -0.264 e. The maximum absolute atomic E-state index is 13.6. The summed E-state index contributed by atoms with van der Waals surface area (Å²) in [7, 11) is -3.83. The predicted octanol–water partition coefficient (Wildman–Crippen LogP) is 3.62. The van der Waals surface area contributed by atoms with Crippen molar-refractivity contribution in [3.8, 4) is 0 Å². The van der Waals surface area contributed by atoms with Crippen LogP contribution in [0.15, 0.2) is 84.0 Å². The molecule has 0 aliphatic carbocycles. The molecule has 0 saturated carbocycles. The lowest BCUT2D eigenvalue weighted by atomic mass is 10.2. The zero-order valence-electron chi connectivity index (χ0n) is 12.7. The van der Waals surface area contributed by atoms with E-state index in [1.165, 1.54) is 34.6 Å². The number of halogens is 1. The van der Waals surface area contributed by atoms with Gasteiger partial charge in [-0.05, 0) is 42.0 Å². The van der Waals surface area contributed by atoms with Gasteiger partial charge >= 0.3 is 0 Å². The molecule has 1 aromatic heterocycles. The average molecular weight is 342 g/mol. The first-order valence-corrected chi connectivity index (χ1v) is 8.73. The maximum atomic E-state index is 13.6. The molecule has 0 N–H and O–H groups in total. The Morgan fingerprint density at radius 3 is 2.42 bits per heavy atom. The van der Waals surface area contributed by atoms with Crippen LogP contribution < -0.4 is 4.31 Å². The molecule has 1 heterocycles. The number of rotatable bonds is 5. The second kappa shape index (κ2) is 6.80. The number of aromatic nitrogens is 1. The van der Waals surface area contributed by atoms with Crippen LogP contribution in [0.3, 0.4) is 0 Å². The Bertz CT molecular complexity index is 916. The van der Waals surface area contributed by atoms with Crippen LogP contribution in [-0.4, -0.2) is 13.4 Å². The van der Waals surface area contributed by atoms with E-state index in [9.17, 15) is 12.8 Å². The maximum Gasteiger partial charge on any atom is 0.264 e. The standard InChI is InChI=1S/C18H15FN2O2S/c19-16-7-4-8-17(12-16)21(14-15-6-5-11-20-13-15)24(22,23)18-9-2-1-3-10-18/h1-13H,14H2. The predicted molar refractivity (Wildman–Crippen MR) is 90.4 cm³/mol. The van der Waals surface area contributed by atoms with Crippen molar-refractivity contribution in [2.24, 2.45) is 0 Å². The van der Waals surface area contributed by atoms with Crippen LogP contribution in [0.25, 0.3) is 0 Å². The molecule has 4 nitrogen and oxygen atoms in total. The van der Waals surface area contributed by atoms with Gasteiger partial charge in [0.05, 0.1) is 17.1 Å². The average Bonchev–Trinajstić information content (AvgIpc) is 2.61. The summed E-state index contributed by atoms with van der Waals surface area (Å²) in [5, 5.41) is 0. The normalized spacial score (nSPS) is 11.2. The van der Waals surface area contributed by atoms with Crippen molar-refractivity contribution in [3.63, 3.8) is 0 Å². The van der Waals surface area contributed by atoms with Crippen LogP contribution in [0, 0.1) is 5.82 Å². The summed E-state index contributed by atoms with van der Waals surface area (Å²) in [6, 6.07) is 17.1. The molecule has 0 atom stereocenters. The van der Waals surface area contributed by atoms with Crippen molar-refractivity contribution in [1.82, 2.24) is 4.98 Å². The minimum atomic E-state index is -3.83. The van der Waals surface area contributed by atoms with Crippen molar-refractivity contribution in [2.75, 3.05) is 4.31 Å². The molecule has 0 radical (unpaired) electrons. The molecule has 0 aliphatic heterocycles. The zero-order chi connectivity index (χ0) is 17.0. The summed E-state index contributed by atoms with van der Waals surface area (Å²) in [5.41, 5.74) is 0.976. The van der Waals surface area contributed by atoms with Crippen molar-refractivity contribution < 1.29 is 12.8 Å². The monoisotopic (exact) mass is 342 g/mol. The van der Waals surface area contributed by atoms with Gasteiger partial charge in [-0.25, -0.2) is 12.8 Å². The Balaban J connectivity index is 2.08. The number of hydrogen-bond acceptors (Lipinski definition) is 3. The molecule has 6 heteroatoms. The molecule has 0 saturated heterocycles. The number of benzene rings is 2. The van der Waals surface area contributed by atoms with Crippen LogP contribution in [0.1, 0.15) is 5.56 Å². The highest BCUT2D eigenvalue weighted by atomic mass is 32.2. The van der Waals surface area contributed by atoms with E-state index in [4.69, 9.17) is 0 Å². The Morgan fingerprint density at radius 2 is 1.75 bits per heavy atom. The number of hydrogen-bond donors (Lipinski definition) is 0. The van der Waals surface area contributed by atoms with Crippen LogP contribution >= 0.6 is 0 Å². The molecule has 0 unspecified atom stereocenters. The molecular weight excluding hydrogens is 327 g/mol. The number of sulfonamides is 1. The molecule has 0 bridgehead atoms. The molecule has 24 heavy (non-hydrogen) atoms. The second-order valence-electron chi connectivity index (χ2n) is 5.17. The lowest BCUT2D eigenvalue weighted by Gasteiger charge is -2.24. The van der Waals surface area contributed by atoms with Gasteiger partial charge < -0.3 is 0 Å². The summed E-state index contributed by atoms with van der Waals surface area (Å²) in [5.74, 6) is -0.494. The number of anilines is 1. The highest BCUT2D eigenvalue weighted by molar-refractivity contribution is 7.92. The van der Waals surface area contributed by atoms with Crippen LogP contribution in [-0.2, 0) is 16.6 Å². The summed E-state index contributed by atoms with van der Waals surface area (Å²) in [6.45, 7) is 0.0640. The summed E-state index contributed by atoms with van der Waals surface area (Å²) in [6.07, 6.45) is 3.20. The molecule has 0 fully saturated rings. The lowest BCUT2D eigenvalue weighted by molar-refractivity contribution is 0.590. The van der Waals surface area contributed by atoms with Gasteiger partial charge in [0.25, 0.3) is 10.0 Å². The smallest absolute Gasteiger partial charge is 0.264 e. The topological polar surface area (TPSA) is 50.3 Å². The molecule has 2 aromatic carbocycles. The van der Waals surface area contributed by atoms with Crippen LogP contribution in [0.4, 0.5) is 10.1 Å². The van der Waals surface area contributed by atoms with E-state index in [0.29, 0.717) is 5.56 Å². The van der Waals surface area contributed by atoms with Crippen molar-refractivity contribution in [1.29, 1.82) is 0 Å².